The summed E-state index contributed by atoms with van der Waals surface area (Å²) in [6.45, 7) is 0.0809. The Morgan fingerprint density at radius 1 is 0.778 bits per heavy atom. The SMILES string of the molecule is CC(=O)OC[C@H]1O[C@@H](Oc2cc(O)c3c(=O)cc(-c4ccc(O[C@@H]5O[C@H](CO)[C@@H](O)[C@@H](O)[C@H]5O)cc4)oc3c2)[C@H](O)[C@H](O)[C@@H]1O. The molecule has 0 amide bonds. The molecule has 3 aromatic rings. The van der Waals surface area contributed by atoms with Crippen LogP contribution in [0.2, 0.25) is 0 Å². The maximum atomic E-state index is 12.9. The number of fused-ring (bicyclic) bond motifs is 1. The number of aromatic hydroxyl groups is 1. The van der Waals surface area contributed by atoms with Crippen LogP contribution < -0.4 is 14.9 Å². The highest BCUT2D eigenvalue weighted by atomic mass is 16.7. The zero-order valence-electron chi connectivity index (χ0n) is 23.6. The van der Waals surface area contributed by atoms with Gasteiger partial charge < -0.3 is 69.0 Å². The molecule has 2 saturated heterocycles. The Morgan fingerprint density at radius 2 is 1.36 bits per heavy atom. The first-order valence-electron chi connectivity index (χ1n) is 13.8. The van der Waals surface area contributed by atoms with E-state index >= 15 is 0 Å². The molecule has 5 rings (SSSR count). The summed E-state index contributed by atoms with van der Waals surface area (Å²) in [7, 11) is 0. The highest BCUT2D eigenvalue weighted by Crippen LogP contribution is 2.34. The molecule has 0 aliphatic carbocycles. The lowest BCUT2D eigenvalue weighted by atomic mass is 9.99. The van der Waals surface area contributed by atoms with Gasteiger partial charge in [0.2, 0.25) is 12.6 Å². The summed E-state index contributed by atoms with van der Waals surface area (Å²) >= 11 is 0. The molecule has 2 fully saturated rings. The van der Waals surface area contributed by atoms with Gasteiger partial charge in [0.25, 0.3) is 0 Å². The van der Waals surface area contributed by atoms with Crippen molar-refractivity contribution in [3.63, 3.8) is 0 Å². The first kappa shape index (κ1) is 32.6. The Hall–Kier alpha value is -3.84. The van der Waals surface area contributed by atoms with Gasteiger partial charge in [0.05, 0.1) is 6.61 Å². The molecule has 0 spiro atoms. The number of rotatable bonds is 8. The average molecular weight is 637 g/mol. The van der Waals surface area contributed by atoms with Gasteiger partial charge in [0.1, 0.15) is 89.4 Å². The fourth-order valence-electron chi connectivity index (χ4n) is 4.94. The molecule has 0 unspecified atom stereocenters. The standard InChI is InChI=1S/C29H32O16/c1-11(31)40-10-20-23(35)25(37)27(39)29(45-20)42-14-6-15(32)21-16(33)8-17(43-18(21)7-14)12-2-4-13(5-3-12)41-28-26(38)24(36)22(34)19(9-30)44-28/h2-8,19-20,22-30,32,34-39H,9-10H2,1H3/t19-,20-,22-,23-,24-,25-,26-,27-,28-,29-/m1/s1. The number of esters is 1. The minimum absolute atomic E-state index is 0.0670. The first-order chi connectivity index (χ1) is 21.4. The Morgan fingerprint density at radius 3 is 1.96 bits per heavy atom. The van der Waals surface area contributed by atoms with Gasteiger partial charge in [-0.15, -0.1) is 0 Å². The quantitative estimate of drug-likeness (QED) is 0.126. The monoisotopic (exact) mass is 636 g/mol. The summed E-state index contributed by atoms with van der Waals surface area (Å²) in [6, 6.07) is 9.36. The van der Waals surface area contributed by atoms with Gasteiger partial charge in [0.15, 0.2) is 5.43 Å². The van der Waals surface area contributed by atoms with Crippen molar-refractivity contribution in [2.24, 2.45) is 0 Å². The van der Waals surface area contributed by atoms with E-state index < -0.39 is 91.8 Å². The van der Waals surface area contributed by atoms with Crippen LogP contribution in [0.25, 0.3) is 22.3 Å². The molecule has 2 aliphatic heterocycles. The van der Waals surface area contributed by atoms with Crippen molar-refractivity contribution in [2.45, 2.75) is 68.3 Å². The molecule has 45 heavy (non-hydrogen) atoms. The van der Waals surface area contributed by atoms with Crippen LogP contribution in [0.5, 0.6) is 17.2 Å². The van der Waals surface area contributed by atoms with Crippen molar-refractivity contribution in [2.75, 3.05) is 13.2 Å². The van der Waals surface area contributed by atoms with E-state index in [1.165, 1.54) is 30.3 Å². The number of ether oxygens (including phenoxy) is 5. The molecule has 0 radical (unpaired) electrons. The lowest BCUT2D eigenvalue weighted by Gasteiger charge is -2.39. The van der Waals surface area contributed by atoms with Crippen molar-refractivity contribution in [1.29, 1.82) is 0 Å². The van der Waals surface area contributed by atoms with Gasteiger partial charge >= 0.3 is 5.97 Å². The molecule has 244 valence electrons. The van der Waals surface area contributed by atoms with E-state index in [1.54, 1.807) is 0 Å². The van der Waals surface area contributed by atoms with Gasteiger partial charge in [0, 0.05) is 30.7 Å². The van der Waals surface area contributed by atoms with Crippen LogP contribution in [0.3, 0.4) is 0 Å². The topological polar surface area (TPSA) is 255 Å². The van der Waals surface area contributed by atoms with Crippen LogP contribution in [0, 0.1) is 0 Å². The summed E-state index contributed by atoms with van der Waals surface area (Å²) in [5.74, 6) is -1.08. The zero-order chi connectivity index (χ0) is 32.6. The smallest absolute Gasteiger partial charge is 0.302 e. The lowest BCUT2D eigenvalue weighted by molar-refractivity contribution is -0.278. The minimum atomic E-state index is -1.74. The van der Waals surface area contributed by atoms with Crippen molar-refractivity contribution >= 4 is 16.9 Å². The summed E-state index contributed by atoms with van der Waals surface area (Å²) in [6.07, 6.45) is -15.2. The third kappa shape index (κ3) is 6.74. The summed E-state index contributed by atoms with van der Waals surface area (Å²) in [5, 5.41) is 80.7. The Balaban J connectivity index is 1.36. The molecule has 10 atom stereocenters. The number of hydrogen-bond donors (Lipinski definition) is 8. The summed E-state index contributed by atoms with van der Waals surface area (Å²) < 4.78 is 32.7. The van der Waals surface area contributed by atoms with Crippen molar-refractivity contribution in [1.82, 2.24) is 0 Å². The predicted octanol–water partition coefficient (Wildman–Crippen LogP) is -1.91. The van der Waals surface area contributed by atoms with Crippen molar-refractivity contribution < 1.29 is 73.7 Å². The normalized spacial score (nSPS) is 31.8. The zero-order valence-corrected chi connectivity index (χ0v) is 23.6. The first-order valence-corrected chi connectivity index (χ1v) is 13.8. The number of hydrogen-bond acceptors (Lipinski definition) is 16. The number of carbonyl (C=O) groups excluding carboxylic acids is 1. The van der Waals surface area contributed by atoms with E-state index in [9.17, 15) is 50.4 Å². The number of carbonyl (C=O) groups is 1. The van der Waals surface area contributed by atoms with E-state index in [1.807, 2.05) is 0 Å². The van der Waals surface area contributed by atoms with Crippen LogP contribution in [0.15, 0.2) is 51.7 Å². The molecular weight excluding hydrogens is 604 g/mol. The second-order valence-electron chi connectivity index (χ2n) is 10.6. The van der Waals surface area contributed by atoms with Gasteiger partial charge in [-0.25, -0.2) is 0 Å². The molecule has 2 aromatic carbocycles. The van der Waals surface area contributed by atoms with Gasteiger partial charge in [-0.3, -0.25) is 9.59 Å². The maximum absolute atomic E-state index is 12.9. The lowest BCUT2D eigenvalue weighted by Crippen LogP contribution is -2.60. The number of aliphatic hydroxyl groups is 7. The van der Waals surface area contributed by atoms with Crippen LogP contribution in [-0.4, -0.2) is 121 Å². The Kier molecular flexibility index (Phi) is 9.59. The fourth-order valence-corrected chi connectivity index (χ4v) is 4.94. The number of aliphatic hydroxyl groups excluding tert-OH is 7. The van der Waals surface area contributed by atoms with Gasteiger partial charge in [-0.2, -0.15) is 0 Å². The second kappa shape index (κ2) is 13.3. The van der Waals surface area contributed by atoms with Gasteiger partial charge in [-0.1, -0.05) is 0 Å². The highest BCUT2D eigenvalue weighted by Gasteiger charge is 2.46. The van der Waals surface area contributed by atoms with E-state index in [4.69, 9.17) is 28.1 Å². The fraction of sp³-hybridized carbons (Fsp3) is 0.448. The molecule has 16 heteroatoms. The van der Waals surface area contributed by atoms with E-state index in [-0.39, 0.29) is 28.2 Å². The Labute approximate surface area is 253 Å². The van der Waals surface area contributed by atoms with Crippen LogP contribution in [0.1, 0.15) is 6.92 Å². The maximum Gasteiger partial charge on any atom is 0.302 e. The summed E-state index contributed by atoms with van der Waals surface area (Å²) in [4.78, 5) is 24.1. The third-order valence-corrected chi connectivity index (χ3v) is 7.39. The third-order valence-electron chi connectivity index (χ3n) is 7.39. The van der Waals surface area contributed by atoms with Crippen molar-refractivity contribution in [3.8, 4) is 28.6 Å². The average Bonchev–Trinajstić information content (AvgIpc) is 3.00. The summed E-state index contributed by atoms with van der Waals surface area (Å²) in [5.41, 5.74) is -0.334. The second-order valence-corrected chi connectivity index (χ2v) is 10.6. The molecule has 16 nitrogen and oxygen atoms in total. The highest BCUT2D eigenvalue weighted by molar-refractivity contribution is 5.86. The van der Waals surface area contributed by atoms with Crippen LogP contribution in [0.4, 0.5) is 0 Å². The van der Waals surface area contributed by atoms with E-state index in [0.717, 1.165) is 19.1 Å². The largest absolute Gasteiger partial charge is 0.507 e. The Bertz CT molecular complexity index is 1550. The molecule has 8 N–H and O–H groups in total. The molecule has 3 heterocycles. The minimum Gasteiger partial charge on any atom is -0.507 e. The van der Waals surface area contributed by atoms with Gasteiger partial charge in [-0.05, 0) is 24.3 Å². The number of phenolic OH excluding ortho intramolecular Hbond substituents is 1. The molecular formula is C29H32O16. The van der Waals surface area contributed by atoms with Crippen LogP contribution >= 0.6 is 0 Å². The number of phenols is 1. The molecule has 0 bridgehead atoms. The number of benzene rings is 2. The van der Waals surface area contributed by atoms with Crippen molar-refractivity contribution in [3.05, 3.63) is 52.7 Å². The van der Waals surface area contributed by atoms with Crippen LogP contribution in [-0.2, 0) is 19.0 Å². The predicted molar refractivity (Wildman–Crippen MR) is 148 cm³/mol. The molecule has 1 aromatic heterocycles. The van der Waals surface area contributed by atoms with E-state index in [0.29, 0.717) is 5.56 Å². The molecule has 2 aliphatic rings. The van der Waals surface area contributed by atoms with E-state index in [2.05, 4.69) is 0 Å². The molecule has 0 saturated carbocycles.